The van der Waals surface area contributed by atoms with E-state index >= 15 is 0 Å². The summed E-state index contributed by atoms with van der Waals surface area (Å²) < 4.78 is 0. The molecule has 2 heterocycles. The van der Waals surface area contributed by atoms with Crippen molar-refractivity contribution in [2.24, 2.45) is 23.7 Å². The van der Waals surface area contributed by atoms with Crippen LogP contribution in [0.3, 0.4) is 0 Å². The van der Waals surface area contributed by atoms with E-state index in [0.717, 1.165) is 11.3 Å². The molecule has 1 N–H and O–H groups in total. The number of fused-ring (bicyclic) bond motifs is 5. The first kappa shape index (κ1) is 14.4. The molecule has 4 aliphatic rings. The maximum atomic E-state index is 12.5. The molecule has 2 aliphatic carbocycles. The maximum Gasteiger partial charge on any atom is 0.326 e. The van der Waals surface area contributed by atoms with Crippen LogP contribution in [0.25, 0.3) is 0 Å². The molecule has 4 rings (SSSR count). The van der Waals surface area contributed by atoms with E-state index in [-0.39, 0.29) is 42.0 Å². The van der Waals surface area contributed by atoms with E-state index in [1.807, 2.05) is 12.2 Å². The summed E-state index contributed by atoms with van der Waals surface area (Å²) in [6.45, 7) is 0.0412. The summed E-state index contributed by atoms with van der Waals surface area (Å²) >= 11 is 0. The van der Waals surface area contributed by atoms with Crippen molar-refractivity contribution in [1.29, 1.82) is 0 Å². The molecule has 2 saturated heterocycles. The number of carbonyl (C=O) groups excluding carboxylic acids is 3. The molecule has 0 aromatic carbocycles. The Morgan fingerprint density at radius 3 is 2.30 bits per heavy atom. The van der Waals surface area contributed by atoms with E-state index in [0.29, 0.717) is 19.4 Å². The Labute approximate surface area is 132 Å². The van der Waals surface area contributed by atoms with Crippen LogP contribution < -0.4 is 0 Å². The van der Waals surface area contributed by atoms with Gasteiger partial charge in [-0.3, -0.25) is 19.3 Å². The largest absolute Gasteiger partial charge is 0.480 e. The molecule has 0 radical (unpaired) electrons. The van der Waals surface area contributed by atoms with Crippen LogP contribution in [0.1, 0.15) is 19.3 Å². The smallest absolute Gasteiger partial charge is 0.326 e. The molecule has 7 nitrogen and oxygen atoms in total. The lowest BCUT2D eigenvalue weighted by molar-refractivity contribution is -0.151. The predicted molar refractivity (Wildman–Crippen MR) is 76.8 cm³/mol. The number of carboxylic acids is 1. The first-order valence-electron chi connectivity index (χ1n) is 8.05. The van der Waals surface area contributed by atoms with Crippen molar-refractivity contribution in [2.75, 3.05) is 13.1 Å². The summed E-state index contributed by atoms with van der Waals surface area (Å²) in [6.07, 6.45) is 5.90. The molecule has 122 valence electrons. The van der Waals surface area contributed by atoms with E-state index in [1.54, 1.807) is 0 Å². The van der Waals surface area contributed by atoms with Crippen molar-refractivity contribution in [2.45, 2.75) is 25.3 Å². The highest BCUT2D eigenvalue weighted by Crippen LogP contribution is 2.52. The Hall–Kier alpha value is -2.18. The Bertz CT molecular complexity index is 612. The lowest BCUT2D eigenvalue weighted by Gasteiger charge is -2.24. The zero-order valence-electron chi connectivity index (χ0n) is 12.6. The fraction of sp³-hybridized carbons (Fsp3) is 0.625. The molecule has 0 aromatic rings. The third kappa shape index (κ3) is 1.95. The molecule has 0 aromatic heterocycles. The van der Waals surface area contributed by atoms with Crippen molar-refractivity contribution in [3.63, 3.8) is 0 Å². The second-order valence-corrected chi connectivity index (χ2v) is 6.85. The number of nitrogens with zero attached hydrogens (tertiary/aromatic N) is 2. The number of carbonyl (C=O) groups is 4. The molecule has 2 bridgehead atoms. The highest BCUT2D eigenvalue weighted by molar-refractivity contribution is 6.08. The normalized spacial score (nSPS) is 37.8. The van der Waals surface area contributed by atoms with Gasteiger partial charge in [0.15, 0.2) is 0 Å². The van der Waals surface area contributed by atoms with Gasteiger partial charge in [0.05, 0.1) is 11.8 Å². The van der Waals surface area contributed by atoms with Crippen LogP contribution in [0.15, 0.2) is 12.2 Å². The first-order valence-corrected chi connectivity index (χ1v) is 8.05. The third-order valence-corrected chi connectivity index (χ3v) is 5.71. The van der Waals surface area contributed by atoms with E-state index in [2.05, 4.69) is 0 Å². The van der Waals surface area contributed by atoms with Gasteiger partial charge >= 0.3 is 5.97 Å². The quantitative estimate of drug-likeness (QED) is 0.578. The van der Waals surface area contributed by atoms with Crippen LogP contribution in [0.2, 0.25) is 0 Å². The minimum absolute atomic E-state index is 0.111. The molecule has 5 unspecified atom stereocenters. The van der Waals surface area contributed by atoms with Crippen LogP contribution in [0, 0.1) is 23.7 Å². The minimum Gasteiger partial charge on any atom is -0.480 e. The van der Waals surface area contributed by atoms with Gasteiger partial charge < -0.3 is 10.0 Å². The predicted octanol–water partition coefficient (Wildman–Crippen LogP) is -0.131. The monoisotopic (exact) mass is 318 g/mol. The molecule has 23 heavy (non-hydrogen) atoms. The summed E-state index contributed by atoms with van der Waals surface area (Å²) in [5, 5.41) is 9.16. The summed E-state index contributed by atoms with van der Waals surface area (Å²) in [5.74, 6) is -2.43. The fourth-order valence-electron chi connectivity index (χ4n) is 4.67. The van der Waals surface area contributed by atoms with Gasteiger partial charge in [0.25, 0.3) is 0 Å². The van der Waals surface area contributed by atoms with Gasteiger partial charge in [-0.1, -0.05) is 12.2 Å². The lowest BCUT2D eigenvalue weighted by atomic mass is 9.85. The number of likely N-dealkylation sites (tertiary alicyclic amines) is 2. The Kier molecular flexibility index (Phi) is 3.08. The third-order valence-electron chi connectivity index (χ3n) is 5.71. The van der Waals surface area contributed by atoms with Crippen molar-refractivity contribution >= 4 is 23.7 Å². The number of hydrogen-bond acceptors (Lipinski definition) is 4. The van der Waals surface area contributed by atoms with Gasteiger partial charge in [0.2, 0.25) is 17.7 Å². The average Bonchev–Trinajstić information content (AvgIpc) is 3.26. The van der Waals surface area contributed by atoms with Crippen LogP contribution in [-0.2, 0) is 19.2 Å². The molecular formula is C16H18N2O5. The van der Waals surface area contributed by atoms with Gasteiger partial charge in [0.1, 0.15) is 12.6 Å². The molecule has 3 fully saturated rings. The zero-order valence-corrected chi connectivity index (χ0v) is 12.6. The number of aliphatic carboxylic acids is 1. The van der Waals surface area contributed by atoms with Crippen molar-refractivity contribution in [3.05, 3.63) is 12.2 Å². The van der Waals surface area contributed by atoms with Crippen LogP contribution in [0.4, 0.5) is 0 Å². The summed E-state index contributed by atoms with van der Waals surface area (Å²) in [5.41, 5.74) is 0. The number of amides is 3. The Morgan fingerprint density at radius 1 is 1.13 bits per heavy atom. The van der Waals surface area contributed by atoms with E-state index in [4.69, 9.17) is 5.11 Å². The highest BCUT2D eigenvalue weighted by Gasteiger charge is 2.59. The molecule has 5 atom stereocenters. The van der Waals surface area contributed by atoms with Crippen molar-refractivity contribution < 1.29 is 24.3 Å². The summed E-state index contributed by atoms with van der Waals surface area (Å²) in [6, 6.07) is -0.840. The summed E-state index contributed by atoms with van der Waals surface area (Å²) in [7, 11) is 0. The highest BCUT2D eigenvalue weighted by atomic mass is 16.4. The zero-order chi connectivity index (χ0) is 16.3. The topological polar surface area (TPSA) is 95.0 Å². The molecule has 2 aliphatic heterocycles. The van der Waals surface area contributed by atoms with Crippen molar-refractivity contribution in [1.82, 2.24) is 9.80 Å². The second-order valence-electron chi connectivity index (χ2n) is 6.85. The van der Waals surface area contributed by atoms with Gasteiger partial charge in [-0.2, -0.15) is 0 Å². The Balaban J connectivity index is 1.50. The Morgan fingerprint density at radius 2 is 1.74 bits per heavy atom. The second kappa shape index (κ2) is 4.91. The minimum atomic E-state index is -1.03. The molecule has 7 heteroatoms. The number of imide groups is 1. The van der Waals surface area contributed by atoms with Crippen LogP contribution >= 0.6 is 0 Å². The molecule has 3 amide bonds. The summed E-state index contributed by atoms with van der Waals surface area (Å²) in [4.78, 5) is 51.0. The van der Waals surface area contributed by atoms with Crippen LogP contribution in [0.5, 0.6) is 0 Å². The SMILES string of the molecule is O=C(O)C1CCCN1C(=O)CN1C(=O)C2C3C=CC(C3)C2C1=O. The van der Waals surface area contributed by atoms with Gasteiger partial charge in [-0.25, -0.2) is 4.79 Å². The first-order chi connectivity index (χ1) is 11.0. The number of hydrogen-bond donors (Lipinski definition) is 1. The molecular weight excluding hydrogens is 300 g/mol. The van der Waals surface area contributed by atoms with Gasteiger partial charge in [0, 0.05) is 6.54 Å². The maximum absolute atomic E-state index is 12.5. The lowest BCUT2D eigenvalue weighted by Crippen LogP contribution is -2.47. The molecule has 0 spiro atoms. The van der Waals surface area contributed by atoms with Crippen LogP contribution in [-0.4, -0.2) is 57.7 Å². The average molecular weight is 318 g/mol. The number of rotatable bonds is 3. The molecule has 1 saturated carbocycles. The van der Waals surface area contributed by atoms with Gasteiger partial charge in [-0.15, -0.1) is 0 Å². The standard InChI is InChI=1S/C16H18N2O5/c19-11(17-5-1-2-10(17)16(22)23)7-18-14(20)12-8-3-4-9(6-8)13(12)15(18)21/h3-4,8-10,12-13H,1-2,5-7H2,(H,22,23). The van der Waals surface area contributed by atoms with E-state index in [1.165, 1.54) is 4.90 Å². The number of carboxylic acid groups (broad SMARTS) is 1. The van der Waals surface area contributed by atoms with Gasteiger partial charge in [-0.05, 0) is 31.1 Å². The number of allylic oxidation sites excluding steroid dienone is 2. The van der Waals surface area contributed by atoms with E-state index < -0.39 is 17.9 Å². The van der Waals surface area contributed by atoms with E-state index in [9.17, 15) is 19.2 Å². The fourth-order valence-corrected chi connectivity index (χ4v) is 4.67. The van der Waals surface area contributed by atoms with Crippen molar-refractivity contribution in [3.8, 4) is 0 Å².